The summed E-state index contributed by atoms with van der Waals surface area (Å²) in [6.45, 7) is 2.82. The lowest BCUT2D eigenvalue weighted by atomic mass is 10.1. The van der Waals surface area contributed by atoms with Crippen molar-refractivity contribution in [3.05, 3.63) is 35.7 Å². The van der Waals surface area contributed by atoms with E-state index in [1.807, 2.05) is 31.2 Å². The Morgan fingerprint density at radius 1 is 1.29 bits per heavy atom. The van der Waals surface area contributed by atoms with E-state index in [-0.39, 0.29) is 6.10 Å². The van der Waals surface area contributed by atoms with Crippen molar-refractivity contribution < 1.29 is 9.26 Å². The van der Waals surface area contributed by atoms with E-state index in [9.17, 15) is 0 Å². The van der Waals surface area contributed by atoms with Gasteiger partial charge in [-0.15, -0.1) is 0 Å². The third kappa shape index (κ3) is 1.96. The molecule has 1 aliphatic rings. The van der Waals surface area contributed by atoms with Crippen molar-refractivity contribution in [3.63, 3.8) is 0 Å². The molecule has 0 amide bonds. The largest absolute Gasteiger partial charge is 0.368 e. The summed E-state index contributed by atoms with van der Waals surface area (Å²) in [6.07, 6.45) is 2.02. The summed E-state index contributed by atoms with van der Waals surface area (Å²) in [4.78, 5) is 4.42. The van der Waals surface area contributed by atoms with Crippen LogP contribution < -0.4 is 0 Å². The molecule has 0 N–H and O–H groups in total. The summed E-state index contributed by atoms with van der Waals surface area (Å²) in [5.41, 5.74) is 2.16. The van der Waals surface area contributed by atoms with Crippen molar-refractivity contribution in [2.45, 2.75) is 25.9 Å². The molecule has 0 radical (unpaired) electrons. The lowest BCUT2D eigenvalue weighted by molar-refractivity contribution is 0.0835. The van der Waals surface area contributed by atoms with Gasteiger partial charge in [0.25, 0.3) is 5.89 Å². The van der Waals surface area contributed by atoms with Crippen LogP contribution in [0.2, 0.25) is 0 Å². The van der Waals surface area contributed by atoms with Gasteiger partial charge in [-0.2, -0.15) is 4.98 Å². The molecule has 4 heteroatoms. The molecule has 1 aliphatic heterocycles. The van der Waals surface area contributed by atoms with Gasteiger partial charge in [0.15, 0.2) is 0 Å². The molecule has 1 aromatic carbocycles. The van der Waals surface area contributed by atoms with E-state index in [2.05, 4.69) is 10.1 Å². The van der Waals surface area contributed by atoms with E-state index in [4.69, 9.17) is 9.26 Å². The molecule has 88 valence electrons. The summed E-state index contributed by atoms with van der Waals surface area (Å²) >= 11 is 0. The van der Waals surface area contributed by atoms with E-state index in [1.165, 1.54) is 0 Å². The van der Waals surface area contributed by atoms with Crippen LogP contribution in [0.15, 0.2) is 28.8 Å². The number of aryl methyl sites for hydroxylation is 1. The first-order chi connectivity index (χ1) is 8.34. The van der Waals surface area contributed by atoms with E-state index in [1.54, 1.807) is 0 Å². The maximum atomic E-state index is 5.52. The number of nitrogens with zero attached hydrogens (tertiary/aromatic N) is 2. The molecule has 2 heterocycles. The molecule has 1 unspecified atom stereocenters. The van der Waals surface area contributed by atoms with Crippen LogP contribution >= 0.6 is 0 Å². The highest BCUT2D eigenvalue weighted by atomic mass is 16.5. The molecule has 3 rings (SSSR count). The van der Waals surface area contributed by atoms with Gasteiger partial charge < -0.3 is 9.26 Å². The number of aromatic nitrogens is 2. The van der Waals surface area contributed by atoms with Crippen LogP contribution in [0, 0.1) is 6.92 Å². The molecule has 0 aliphatic carbocycles. The second-order valence-corrected chi connectivity index (χ2v) is 4.27. The van der Waals surface area contributed by atoms with E-state index in [0.717, 1.165) is 30.6 Å². The molecule has 1 aromatic heterocycles. The number of rotatable bonds is 2. The van der Waals surface area contributed by atoms with Crippen molar-refractivity contribution in [1.82, 2.24) is 10.1 Å². The lowest BCUT2D eigenvalue weighted by Gasteiger charge is -2.01. The molecular weight excluding hydrogens is 216 g/mol. The molecule has 17 heavy (non-hydrogen) atoms. The van der Waals surface area contributed by atoms with Gasteiger partial charge in [0, 0.05) is 12.2 Å². The summed E-state index contributed by atoms with van der Waals surface area (Å²) in [5, 5.41) is 4.03. The highest BCUT2D eigenvalue weighted by molar-refractivity contribution is 5.58. The quantitative estimate of drug-likeness (QED) is 0.795. The molecule has 0 saturated carbocycles. The zero-order valence-electron chi connectivity index (χ0n) is 9.72. The Kier molecular flexibility index (Phi) is 2.65. The first kappa shape index (κ1) is 10.5. The second kappa shape index (κ2) is 4.30. The molecule has 0 bridgehead atoms. The maximum Gasteiger partial charge on any atom is 0.256 e. The van der Waals surface area contributed by atoms with Gasteiger partial charge in [0.05, 0.1) is 0 Å². The minimum Gasteiger partial charge on any atom is -0.368 e. The molecule has 4 nitrogen and oxygen atoms in total. The fourth-order valence-electron chi connectivity index (χ4n) is 2.07. The monoisotopic (exact) mass is 230 g/mol. The summed E-state index contributed by atoms with van der Waals surface area (Å²) in [7, 11) is 0. The smallest absolute Gasteiger partial charge is 0.256 e. The summed E-state index contributed by atoms with van der Waals surface area (Å²) in [5.74, 6) is 1.24. The van der Waals surface area contributed by atoms with E-state index >= 15 is 0 Å². The first-order valence-electron chi connectivity index (χ1n) is 5.86. The Morgan fingerprint density at radius 3 is 2.94 bits per heavy atom. The molecule has 1 atom stereocenters. The molecule has 0 spiro atoms. The van der Waals surface area contributed by atoms with Crippen LogP contribution in [0.3, 0.4) is 0 Å². The van der Waals surface area contributed by atoms with Gasteiger partial charge in [0.1, 0.15) is 6.10 Å². The SMILES string of the molecule is Cc1ccccc1-c1noc(C2CCCO2)n1. The summed E-state index contributed by atoms with van der Waals surface area (Å²) in [6, 6.07) is 8.02. The van der Waals surface area contributed by atoms with Crippen molar-refractivity contribution in [2.75, 3.05) is 6.61 Å². The third-order valence-corrected chi connectivity index (χ3v) is 3.03. The van der Waals surface area contributed by atoms with Crippen LogP contribution in [0.4, 0.5) is 0 Å². The average molecular weight is 230 g/mol. The van der Waals surface area contributed by atoms with Gasteiger partial charge in [-0.3, -0.25) is 0 Å². The predicted molar refractivity (Wildman–Crippen MR) is 62.4 cm³/mol. The number of hydrogen-bond donors (Lipinski definition) is 0. The summed E-state index contributed by atoms with van der Waals surface area (Å²) < 4.78 is 10.8. The Bertz CT molecular complexity index is 516. The Morgan fingerprint density at radius 2 is 2.18 bits per heavy atom. The van der Waals surface area contributed by atoms with Gasteiger partial charge in [-0.1, -0.05) is 29.4 Å². The molecular formula is C13H14N2O2. The van der Waals surface area contributed by atoms with E-state index < -0.39 is 0 Å². The Labute approximate surface area is 99.6 Å². The van der Waals surface area contributed by atoms with Crippen molar-refractivity contribution >= 4 is 0 Å². The van der Waals surface area contributed by atoms with Crippen molar-refractivity contribution in [2.24, 2.45) is 0 Å². The lowest BCUT2D eigenvalue weighted by Crippen LogP contribution is -1.95. The predicted octanol–water partition coefficient (Wildman–Crippen LogP) is 2.90. The van der Waals surface area contributed by atoms with Gasteiger partial charge >= 0.3 is 0 Å². The Balaban J connectivity index is 1.92. The fraction of sp³-hybridized carbons (Fsp3) is 0.385. The van der Waals surface area contributed by atoms with Crippen molar-refractivity contribution in [1.29, 1.82) is 0 Å². The van der Waals surface area contributed by atoms with Crippen LogP contribution in [0.1, 0.15) is 30.4 Å². The number of ether oxygens (including phenoxy) is 1. The normalized spacial score (nSPS) is 19.7. The zero-order chi connectivity index (χ0) is 11.7. The average Bonchev–Trinajstić information content (AvgIpc) is 3.00. The number of hydrogen-bond acceptors (Lipinski definition) is 4. The third-order valence-electron chi connectivity index (χ3n) is 3.03. The van der Waals surface area contributed by atoms with Crippen LogP contribution in [-0.4, -0.2) is 16.7 Å². The first-order valence-corrected chi connectivity index (χ1v) is 5.86. The van der Waals surface area contributed by atoms with Crippen molar-refractivity contribution in [3.8, 4) is 11.4 Å². The maximum absolute atomic E-state index is 5.52. The molecule has 1 fully saturated rings. The van der Waals surface area contributed by atoms with Crippen LogP contribution in [0.25, 0.3) is 11.4 Å². The van der Waals surface area contributed by atoms with Gasteiger partial charge in [-0.05, 0) is 25.3 Å². The zero-order valence-corrected chi connectivity index (χ0v) is 9.72. The van der Waals surface area contributed by atoms with Crippen LogP contribution in [-0.2, 0) is 4.74 Å². The number of benzene rings is 1. The minimum absolute atomic E-state index is 0.0136. The standard InChI is InChI=1S/C13H14N2O2/c1-9-5-2-3-6-10(9)12-14-13(17-15-12)11-7-4-8-16-11/h2-3,5-6,11H,4,7-8H2,1H3. The second-order valence-electron chi connectivity index (χ2n) is 4.27. The topological polar surface area (TPSA) is 48.2 Å². The van der Waals surface area contributed by atoms with E-state index in [0.29, 0.717) is 11.7 Å². The van der Waals surface area contributed by atoms with Crippen LogP contribution in [0.5, 0.6) is 0 Å². The highest BCUT2D eigenvalue weighted by Crippen LogP contribution is 2.29. The van der Waals surface area contributed by atoms with Gasteiger partial charge in [-0.25, -0.2) is 0 Å². The molecule has 1 saturated heterocycles. The minimum atomic E-state index is -0.0136. The molecule has 2 aromatic rings. The fourth-order valence-corrected chi connectivity index (χ4v) is 2.07. The van der Waals surface area contributed by atoms with Gasteiger partial charge in [0.2, 0.25) is 5.82 Å². The Hall–Kier alpha value is -1.68. The highest BCUT2D eigenvalue weighted by Gasteiger charge is 2.24.